The molecule has 0 aliphatic carbocycles. The van der Waals surface area contributed by atoms with E-state index in [2.05, 4.69) is 30.3 Å². The van der Waals surface area contributed by atoms with Crippen molar-refractivity contribution in [2.24, 2.45) is 0 Å². The van der Waals surface area contributed by atoms with E-state index in [4.69, 9.17) is 0 Å². The number of hydrogen-bond donors (Lipinski definition) is 1. The van der Waals surface area contributed by atoms with Crippen LogP contribution in [0.2, 0.25) is 0 Å². The van der Waals surface area contributed by atoms with Gasteiger partial charge < -0.3 is 10.2 Å². The number of rotatable bonds is 6. The lowest BCUT2D eigenvalue weighted by molar-refractivity contribution is 0.197. The van der Waals surface area contributed by atoms with Crippen LogP contribution in [0.3, 0.4) is 0 Å². The smallest absolute Gasteiger partial charge is 0.00912 e. The van der Waals surface area contributed by atoms with E-state index in [9.17, 15) is 0 Å². The van der Waals surface area contributed by atoms with Crippen molar-refractivity contribution in [1.29, 1.82) is 0 Å². The van der Waals surface area contributed by atoms with Gasteiger partial charge in [0.15, 0.2) is 0 Å². The molecule has 1 aliphatic rings. The van der Waals surface area contributed by atoms with Crippen molar-refractivity contribution in [3.05, 3.63) is 0 Å². The summed E-state index contributed by atoms with van der Waals surface area (Å²) in [6.45, 7) is 9.52. The van der Waals surface area contributed by atoms with Gasteiger partial charge in [-0.2, -0.15) is 11.8 Å². The van der Waals surface area contributed by atoms with E-state index in [-0.39, 0.29) is 0 Å². The van der Waals surface area contributed by atoms with Gasteiger partial charge in [0.05, 0.1) is 0 Å². The van der Waals surface area contributed by atoms with Crippen molar-refractivity contribution in [3.63, 3.8) is 0 Å². The molecule has 1 unspecified atom stereocenters. The second kappa shape index (κ2) is 7.53. The molecule has 1 heterocycles. The Bertz CT molecular complexity index is 156. The van der Waals surface area contributed by atoms with E-state index in [0.29, 0.717) is 0 Å². The molecule has 0 bridgehead atoms. The van der Waals surface area contributed by atoms with Crippen LogP contribution in [0.5, 0.6) is 0 Å². The van der Waals surface area contributed by atoms with Crippen LogP contribution in [0.4, 0.5) is 0 Å². The van der Waals surface area contributed by atoms with E-state index < -0.39 is 0 Å². The van der Waals surface area contributed by atoms with Gasteiger partial charge in [-0.05, 0) is 51.7 Å². The SMILES string of the molecule is CCNC1CCN(CCC(C)SC)CC1. The first-order valence-electron chi connectivity index (χ1n) is 6.24. The molecule has 1 atom stereocenters. The molecule has 1 fully saturated rings. The van der Waals surface area contributed by atoms with Gasteiger partial charge in [-0.15, -0.1) is 0 Å². The predicted molar refractivity (Wildman–Crippen MR) is 70.7 cm³/mol. The van der Waals surface area contributed by atoms with Gasteiger partial charge in [0.2, 0.25) is 0 Å². The molecule has 0 aromatic carbocycles. The molecule has 90 valence electrons. The molecule has 0 spiro atoms. The third-order valence-electron chi connectivity index (χ3n) is 3.33. The average Bonchev–Trinajstić information content (AvgIpc) is 2.28. The van der Waals surface area contributed by atoms with Crippen LogP contribution < -0.4 is 5.32 Å². The maximum absolute atomic E-state index is 3.55. The molecule has 1 N–H and O–H groups in total. The van der Waals surface area contributed by atoms with Crippen LogP contribution in [-0.4, -0.2) is 48.6 Å². The molecule has 1 aliphatic heterocycles. The van der Waals surface area contributed by atoms with Crippen LogP contribution in [0.15, 0.2) is 0 Å². The first kappa shape index (κ1) is 13.3. The van der Waals surface area contributed by atoms with E-state index in [1.165, 1.54) is 38.9 Å². The van der Waals surface area contributed by atoms with Gasteiger partial charge >= 0.3 is 0 Å². The molecule has 0 amide bonds. The quantitative estimate of drug-likeness (QED) is 0.753. The highest BCUT2D eigenvalue weighted by molar-refractivity contribution is 7.99. The number of thioether (sulfide) groups is 1. The van der Waals surface area contributed by atoms with Crippen molar-refractivity contribution >= 4 is 11.8 Å². The fourth-order valence-electron chi connectivity index (χ4n) is 2.13. The summed E-state index contributed by atoms with van der Waals surface area (Å²) in [5.41, 5.74) is 0. The van der Waals surface area contributed by atoms with Gasteiger partial charge in [0.25, 0.3) is 0 Å². The number of hydrogen-bond acceptors (Lipinski definition) is 3. The third-order valence-corrected chi connectivity index (χ3v) is 4.38. The Labute approximate surface area is 99.2 Å². The minimum absolute atomic E-state index is 0.782. The highest BCUT2D eigenvalue weighted by Crippen LogP contribution is 2.14. The minimum atomic E-state index is 0.782. The van der Waals surface area contributed by atoms with Gasteiger partial charge in [0, 0.05) is 11.3 Å². The number of likely N-dealkylation sites (tertiary alicyclic amines) is 1. The van der Waals surface area contributed by atoms with Gasteiger partial charge in [0.1, 0.15) is 0 Å². The van der Waals surface area contributed by atoms with Crippen molar-refractivity contribution in [2.45, 2.75) is 44.4 Å². The lowest BCUT2D eigenvalue weighted by atomic mass is 10.0. The summed E-state index contributed by atoms with van der Waals surface area (Å²) in [4.78, 5) is 2.63. The Morgan fingerprint density at radius 3 is 2.60 bits per heavy atom. The second-order valence-electron chi connectivity index (χ2n) is 4.51. The van der Waals surface area contributed by atoms with E-state index in [1.54, 1.807) is 0 Å². The first-order valence-corrected chi connectivity index (χ1v) is 7.53. The van der Waals surface area contributed by atoms with Crippen LogP contribution in [-0.2, 0) is 0 Å². The van der Waals surface area contributed by atoms with Crippen LogP contribution >= 0.6 is 11.8 Å². The standard InChI is InChI=1S/C12H26N2S/c1-4-13-12-6-9-14(10-7-12)8-5-11(2)15-3/h11-13H,4-10H2,1-3H3. The minimum Gasteiger partial charge on any atom is -0.314 e. The van der Waals surface area contributed by atoms with Gasteiger partial charge in [-0.3, -0.25) is 0 Å². The fraction of sp³-hybridized carbons (Fsp3) is 1.00. The van der Waals surface area contributed by atoms with E-state index in [1.807, 2.05) is 11.8 Å². The first-order chi connectivity index (χ1) is 7.26. The highest BCUT2D eigenvalue weighted by atomic mass is 32.2. The Hall–Kier alpha value is 0.270. The Kier molecular flexibility index (Phi) is 6.69. The maximum Gasteiger partial charge on any atom is 0.00912 e. The predicted octanol–water partition coefficient (Wildman–Crippen LogP) is 2.20. The number of piperidine rings is 1. The summed E-state index contributed by atoms with van der Waals surface area (Å²) >= 11 is 1.98. The molecule has 0 aromatic heterocycles. The molecule has 15 heavy (non-hydrogen) atoms. The Balaban J connectivity index is 2.09. The van der Waals surface area contributed by atoms with E-state index >= 15 is 0 Å². The zero-order valence-corrected chi connectivity index (χ0v) is 11.3. The molecular formula is C12H26N2S. The molecule has 0 radical (unpaired) electrons. The van der Waals surface area contributed by atoms with Gasteiger partial charge in [-0.1, -0.05) is 13.8 Å². The molecule has 2 nitrogen and oxygen atoms in total. The van der Waals surface area contributed by atoms with Crippen LogP contribution in [0.1, 0.15) is 33.1 Å². The summed E-state index contributed by atoms with van der Waals surface area (Å²) in [6.07, 6.45) is 6.22. The fourth-order valence-corrected chi connectivity index (χ4v) is 2.47. The number of nitrogens with zero attached hydrogens (tertiary/aromatic N) is 1. The highest BCUT2D eigenvalue weighted by Gasteiger charge is 2.17. The summed E-state index contributed by atoms with van der Waals surface area (Å²) in [5.74, 6) is 0. The zero-order valence-electron chi connectivity index (χ0n) is 10.5. The topological polar surface area (TPSA) is 15.3 Å². The summed E-state index contributed by atoms with van der Waals surface area (Å²) in [7, 11) is 0. The summed E-state index contributed by atoms with van der Waals surface area (Å²) in [6, 6.07) is 0.782. The largest absolute Gasteiger partial charge is 0.314 e. The van der Waals surface area contributed by atoms with Gasteiger partial charge in [-0.25, -0.2) is 0 Å². The van der Waals surface area contributed by atoms with Crippen molar-refractivity contribution in [2.75, 3.05) is 32.4 Å². The van der Waals surface area contributed by atoms with Crippen molar-refractivity contribution in [3.8, 4) is 0 Å². The maximum atomic E-state index is 3.55. The third kappa shape index (κ3) is 5.23. The molecule has 0 aromatic rings. The Morgan fingerprint density at radius 2 is 2.07 bits per heavy atom. The van der Waals surface area contributed by atoms with Crippen LogP contribution in [0.25, 0.3) is 0 Å². The normalized spacial score (nSPS) is 21.8. The average molecular weight is 230 g/mol. The molecule has 1 rings (SSSR count). The molecule has 0 saturated carbocycles. The Morgan fingerprint density at radius 1 is 1.40 bits per heavy atom. The zero-order chi connectivity index (χ0) is 11.1. The molecule has 3 heteroatoms. The lowest BCUT2D eigenvalue weighted by Gasteiger charge is -2.32. The van der Waals surface area contributed by atoms with E-state index in [0.717, 1.165) is 17.8 Å². The van der Waals surface area contributed by atoms with Crippen molar-refractivity contribution < 1.29 is 0 Å². The molecular weight excluding hydrogens is 204 g/mol. The summed E-state index contributed by atoms with van der Waals surface area (Å²) in [5, 5.41) is 4.37. The number of nitrogens with one attached hydrogen (secondary N) is 1. The molecule has 1 saturated heterocycles. The monoisotopic (exact) mass is 230 g/mol. The second-order valence-corrected chi connectivity index (χ2v) is 5.78. The van der Waals surface area contributed by atoms with Crippen molar-refractivity contribution in [1.82, 2.24) is 10.2 Å². The van der Waals surface area contributed by atoms with Crippen LogP contribution in [0, 0.1) is 0 Å². The summed E-state index contributed by atoms with van der Waals surface area (Å²) < 4.78 is 0. The lowest BCUT2D eigenvalue weighted by Crippen LogP contribution is -2.42.